The minimum absolute atomic E-state index is 0.0177. The van der Waals surface area contributed by atoms with Crippen molar-refractivity contribution in [1.29, 1.82) is 0 Å². The highest BCUT2D eigenvalue weighted by atomic mass is 16.2. The van der Waals surface area contributed by atoms with E-state index in [9.17, 15) is 4.79 Å². The van der Waals surface area contributed by atoms with Gasteiger partial charge in [0.15, 0.2) is 0 Å². The summed E-state index contributed by atoms with van der Waals surface area (Å²) in [6.07, 6.45) is 1.97. The summed E-state index contributed by atoms with van der Waals surface area (Å²) in [5, 5.41) is 6.18. The van der Waals surface area contributed by atoms with E-state index in [0.29, 0.717) is 0 Å². The Labute approximate surface area is 124 Å². The number of amides is 1. The van der Waals surface area contributed by atoms with E-state index in [1.54, 1.807) is 0 Å². The van der Waals surface area contributed by atoms with E-state index < -0.39 is 0 Å². The average Bonchev–Trinajstić information content (AvgIpc) is 3.06. The molecule has 1 saturated heterocycles. The number of imidazole rings is 1. The minimum atomic E-state index is -0.0624. The molecule has 21 heavy (non-hydrogen) atoms. The number of anilines is 1. The summed E-state index contributed by atoms with van der Waals surface area (Å²) >= 11 is 0. The highest BCUT2D eigenvalue weighted by molar-refractivity contribution is 5.96. The summed E-state index contributed by atoms with van der Waals surface area (Å²) in [4.78, 5) is 20.1. The van der Waals surface area contributed by atoms with Crippen molar-refractivity contribution in [2.75, 3.05) is 11.9 Å². The van der Waals surface area contributed by atoms with Crippen LogP contribution in [0.1, 0.15) is 39.4 Å². The molecule has 1 aromatic carbocycles. The molecule has 3 rings (SSSR count). The van der Waals surface area contributed by atoms with Gasteiger partial charge in [0, 0.05) is 11.1 Å². The van der Waals surface area contributed by atoms with Crippen LogP contribution in [-0.4, -0.2) is 28.5 Å². The smallest absolute Gasteiger partial charge is 0.241 e. The first-order chi connectivity index (χ1) is 9.93. The molecular weight excluding hydrogens is 264 g/mol. The van der Waals surface area contributed by atoms with Gasteiger partial charge in [-0.15, -0.1) is 0 Å². The summed E-state index contributed by atoms with van der Waals surface area (Å²) in [5.74, 6) is 1.00. The number of nitrogens with one attached hydrogen (secondary N) is 3. The van der Waals surface area contributed by atoms with Gasteiger partial charge in [-0.2, -0.15) is 0 Å². The highest BCUT2D eigenvalue weighted by Crippen LogP contribution is 2.24. The Morgan fingerprint density at radius 2 is 2.19 bits per heavy atom. The van der Waals surface area contributed by atoms with Crippen molar-refractivity contribution in [3.8, 4) is 0 Å². The van der Waals surface area contributed by atoms with Crippen molar-refractivity contribution in [3.63, 3.8) is 0 Å². The van der Waals surface area contributed by atoms with Crippen LogP contribution in [0.15, 0.2) is 18.2 Å². The summed E-state index contributed by atoms with van der Waals surface area (Å²) < 4.78 is 0. The number of carbonyl (C=O) groups excluding carboxylic acids is 1. The van der Waals surface area contributed by atoms with Gasteiger partial charge in [0.05, 0.1) is 17.1 Å². The molecule has 1 aliphatic heterocycles. The van der Waals surface area contributed by atoms with Gasteiger partial charge in [-0.3, -0.25) is 4.79 Å². The lowest BCUT2D eigenvalue weighted by atomic mass is 9.96. The molecule has 0 saturated carbocycles. The third-order valence-electron chi connectivity index (χ3n) is 3.84. The monoisotopic (exact) mass is 286 g/mol. The van der Waals surface area contributed by atoms with Crippen LogP contribution in [0.2, 0.25) is 0 Å². The van der Waals surface area contributed by atoms with Crippen LogP contribution in [0, 0.1) is 0 Å². The molecule has 1 fully saturated rings. The third kappa shape index (κ3) is 2.93. The fourth-order valence-corrected chi connectivity index (χ4v) is 2.58. The van der Waals surface area contributed by atoms with Gasteiger partial charge in [0.1, 0.15) is 5.82 Å². The minimum Gasteiger partial charge on any atom is -0.341 e. The number of rotatable bonds is 2. The predicted molar refractivity (Wildman–Crippen MR) is 84.4 cm³/mol. The zero-order valence-electron chi connectivity index (χ0n) is 12.8. The quantitative estimate of drug-likeness (QED) is 0.794. The summed E-state index contributed by atoms with van der Waals surface area (Å²) in [6.45, 7) is 7.30. The van der Waals surface area contributed by atoms with Gasteiger partial charge >= 0.3 is 0 Å². The molecule has 1 atom stereocenters. The standard InChI is InChI=1S/C16H22N4O/c1-16(2,3)15-19-11-7-6-10(9-13(11)20-15)18-14(21)12-5-4-8-17-12/h6-7,9,12,17H,4-5,8H2,1-3H3,(H,18,21)(H,19,20)/t12-/m0/s1. The Balaban J connectivity index is 1.82. The summed E-state index contributed by atoms with van der Waals surface area (Å²) in [5.41, 5.74) is 2.68. The Morgan fingerprint density at radius 1 is 1.38 bits per heavy atom. The van der Waals surface area contributed by atoms with E-state index in [0.717, 1.165) is 41.9 Å². The van der Waals surface area contributed by atoms with Gasteiger partial charge in [-0.1, -0.05) is 20.8 Å². The molecule has 0 aliphatic carbocycles. The molecule has 1 aromatic heterocycles. The maximum atomic E-state index is 12.1. The number of fused-ring (bicyclic) bond motifs is 1. The topological polar surface area (TPSA) is 69.8 Å². The van der Waals surface area contributed by atoms with Crippen molar-refractivity contribution in [1.82, 2.24) is 15.3 Å². The molecule has 0 unspecified atom stereocenters. The van der Waals surface area contributed by atoms with Gasteiger partial charge in [0.25, 0.3) is 0 Å². The van der Waals surface area contributed by atoms with E-state index in [-0.39, 0.29) is 17.4 Å². The number of carbonyl (C=O) groups is 1. The van der Waals surface area contributed by atoms with E-state index in [2.05, 4.69) is 41.4 Å². The maximum absolute atomic E-state index is 12.1. The number of hydrogen-bond acceptors (Lipinski definition) is 3. The third-order valence-corrected chi connectivity index (χ3v) is 3.84. The normalized spacial score (nSPS) is 19.1. The first kappa shape index (κ1) is 14.1. The Hall–Kier alpha value is -1.88. The number of benzene rings is 1. The second-order valence-electron chi connectivity index (χ2n) is 6.71. The van der Waals surface area contributed by atoms with Crippen molar-refractivity contribution in [2.45, 2.75) is 45.1 Å². The maximum Gasteiger partial charge on any atom is 0.241 e. The SMILES string of the molecule is CC(C)(C)c1nc2ccc(NC(=O)[C@@H]3CCCN3)cc2[nH]1. The van der Waals surface area contributed by atoms with Gasteiger partial charge in [-0.05, 0) is 37.6 Å². The number of aromatic nitrogens is 2. The Bertz CT molecular complexity index is 662. The highest BCUT2D eigenvalue weighted by Gasteiger charge is 2.22. The van der Waals surface area contributed by atoms with Gasteiger partial charge in [-0.25, -0.2) is 4.98 Å². The number of nitrogens with zero attached hydrogens (tertiary/aromatic N) is 1. The summed E-state index contributed by atoms with van der Waals surface area (Å²) in [7, 11) is 0. The zero-order valence-corrected chi connectivity index (χ0v) is 12.8. The molecule has 0 spiro atoms. The first-order valence-corrected chi connectivity index (χ1v) is 7.48. The molecule has 1 aliphatic rings. The van der Waals surface area contributed by atoms with Crippen LogP contribution in [0.5, 0.6) is 0 Å². The van der Waals surface area contributed by atoms with Crippen molar-refractivity contribution in [2.24, 2.45) is 0 Å². The second-order valence-corrected chi connectivity index (χ2v) is 6.71. The first-order valence-electron chi connectivity index (χ1n) is 7.48. The van der Waals surface area contributed by atoms with Crippen molar-refractivity contribution >= 4 is 22.6 Å². The van der Waals surface area contributed by atoms with Crippen LogP contribution >= 0.6 is 0 Å². The van der Waals surface area contributed by atoms with Crippen molar-refractivity contribution < 1.29 is 4.79 Å². The molecule has 2 aromatic rings. The molecule has 2 heterocycles. The molecule has 1 amide bonds. The van der Waals surface area contributed by atoms with Crippen LogP contribution in [0.25, 0.3) is 11.0 Å². The summed E-state index contributed by atoms with van der Waals surface area (Å²) in [6, 6.07) is 5.73. The van der Waals surface area contributed by atoms with E-state index in [1.807, 2.05) is 18.2 Å². The molecule has 0 bridgehead atoms. The molecule has 5 heteroatoms. The van der Waals surface area contributed by atoms with Crippen LogP contribution in [0.3, 0.4) is 0 Å². The fourth-order valence-electron chi connectivity index (χ4n) is 2.58. The van der Waals surface area contributed by atoms with Crippen LogP contribution < -0.4 is 10.6 Å². The lowest BCUT2D eigenvalue weighted by Gasteiger charge is -2.13. The number of H-pyrrole nitrogens is 1. The molecule has 3 N–H and O–H groups in total. The van der Waals surface area contributed by atoms with E-state index in [1.165, 1.54) is 0 Å². The zero-order chi connectivity index (χ0) is 15.0. The molecule has 5 nitrogen and oxygen atoms in total. The second kappa shape index (κ2) is 5.15. The number of aromatic amines is 1. The van der Waals surface area contributed by atoms with Crippen molar-refractivity contribution in [3.05, 3.63) is 24.0 Å². The lowest BCUT2D eigenvalue weighted by molar-refractivity contribution is -0.117. The molecular formula is C16H22N4O. The molecule has 112 valence electrons. The van der Waals surface area contributed by atoms with Gasteiger partial charge < -0.3 is 15.6 Å². The Kier molecular flexibility index (Phi) is 3.45. The number of hydrogen-bond donors (Lipinski definition) is 3. The van der Waals surface area contributed by atoms with E-state index in [4.69, 9.17) is 0 Å². The Morgan fingerprint density at radius 3 is 2.86 bits per heavy atom. The van der Waals surface area contributed by atoms with Gasteiger partial charge in [0.2, 0.25) is 5.91 Å². The van der Waals surface area contributed by atoms with Crippen LogP contribution in [-0.2, 0) is 10.2 Å². The lowest BCUT2D eigenvalue weighted by Crippen LogP contribution is -2.35. The van der Waals surface area contributed by atoms with E-state index >= 15 is 0 Å². The average molecular weight is 286 g/mol. The fraction of sp³-hybridized carbons (Fsp3) is 0.500. The molecule has 0 radical (unpaired) electrons. The largest absolute Gasteiger partial charge is 0.341 e. The van der Waals surface area contributed by atoms with Crippen LogP contribution in [0.4, 0.5) is 5.69 Å². The predicted octanol–water partition coefficient (Wildman–Crippen LogP) is 2.55.